The fourth-order valence-electron chi connectivity index (χ4n) is 0.457. The molecule has 5 nitrogen and oxygen atoms in total. The maximum absolute atomic E-state index is 10.2. The van der Waals surface area contributed by atoms with Crippen molar-refractivity contribution in [2.24, 2.45) is 0 Å². The molecule has 0 aliphatic rings. The van der Waals surface area contributed by atoms with E-state index in [9.17, 15) is 10.1 Å². The summed E-state index contributed by atoms with van der Waals surface area (Å²) in [5.41, 5.74) is -0.200. The summed E-state index contributed by atoms with van der Waals surface area (Å²) in [6.45, 7) is 0. The first-order chi connectivity index (χ1) is 5.11. The van der Waals surface area contributed by atoms with Crippen molar-refractivity contribution in [3.63, 3.8) is 0 Å². The summed E-state index contributed by atoms with van der Waals surface area (Å²) in [5.74, 6) is 0. The Morgan fingerprint density at radius 1 is 1.73 bits per heavy atom. The van der Waals surface area contributed by atoms with Crippen molar-refractivity contribution in [2.75, 3.05) is 0 Å². The smallest absolute Gasteiger partial charge is 0.258 e. The van der Waals surface area contributed by atoms with Crippen LogP contribution in [0.3, 0.4) is 0 Å². The van der Waals surface area contributed by atoms with E-state index in [4.69, 9.17) is 11.6 Å². The van der Waals surface area contributed by atoms with E-state index in [1.165, 1.54) is 0 Å². The monoisotopic (exact) mass is 237 g/mol. The average molecular weight is 238 g/mol. The average Bonchev–Trinajstić information content (AvgIpc) is 1.85. The largest absolute Gasteiger partial charge is 0.320 e. The molecule has 1 heterocycles. The lowest BCUT2D eigenvalue weighted by molar-refractivity contribution is -0.386. The Kier molecular flexibility index (Phi) is 2.35. The zero-order valence-electron chi connectivity index (χ0n) is 4.99. The van der Waals surface area contributed by atoms with Crippen LogP contribution in [0, 0.1) is 10.1 Å². The lowest BCUT2D eigenvalue weighted by Gasteiger charge is -1.92. The third-order valence-electron chi connectivity index (χ3n) is 0.892. The lowest BCUT2D eigenvalue weighted by atomic mass is 10.6. The summed E-state index contributed by atoms with van der Waals surface area (Å²) in [7, 11) is 0. The molecule has 0 amide bonds. The van der Waals surface area contributed by atoms with Crippen LogP contribution >= 0.6 is 27.5 Å². The van der Waals surface area contributed by atoms with Crippen LogP contribution in [-0.4, -0.2) is 14.9 Å². The van der Waals surface area contributed by atoms with Crippen molar-refractivity contribution in [3.05, 3.63) is 26.2 Å². The van der Waals surface area contributed by atoms with Crippen LogP contribution in [0.25, 0.3) is 0 Å². The Balaban J connectivity index is 3.20. The molecule has 0 spiro atoms. The Morgan fingerprint density at radius 2 is 2.36 bits per heavy atom. The quantitative estimate of drug-likeness (QED) is 0.324. The van der Waals surface area contributed by atoms with Crippen molar-refractivity contribution in [1.29, 1.82) is 0 Å². The molecule has 11 heavy (non-hydrogen) atoms. The SMILES string of the molecule is O=[N+]([O-])c1cnc(Cl)nc1Br. The van der Waals surface area contributed by atoms with Gasteiger partial charge >= 0.3 is 5.69 Å². The number of nitrogens with zero attached hydrogens (tertiary/aromatic N) is 3. The molecule has 0 fully saturated rings. The normalized spacial score (nSPS) is 9.64. The molecule has 0 radical (unpaired) electrons. The van der Waals surface area contributed by atoms with Gasteiger partial charge in [-0.2, -0.15) is 0 Å². The molecule has 0 bridgehead atoms. The minimum Gasteiger partial charge on any atom is -0.258 e. The lowest BCUT2D eigenvalue weighted by Crippen LogP contribution is -1.93. The third kappa shape index (κ3) is 1.84. The minimum absolute atomic E-state index is 0.0255. The van der Waals surface area contributed by atoms with Crippen LogP contribution in [0.4, 0.5) is 5.69 Å². The van der Waals surface area contributed by atoms with E-state index in [0.717, 1.165) is 6.20 Å². The third-order valence-corrected chi connectivity index (χ3v) is 1.66. The molecule has 0 unspecified atom stereocenters. The van der Waals surface area contributed by atoms with Gasteiger partial charge in [-0.3, -0.25) is 10.1 Å². The molecule has 0 saturated carbocycles. The van der Waals surface area contributed by atoms with E-state index in [-0.39, 0.29) is 15.6 Å². The zero-order chi connectivity index (χ0) is 8.43. The maximum Gasteiger partial charge on any atom is 0.320 e. The van der Waals surface area contributed by atoms with E-state index in [0.29, 0.717) is 0 Å². The predicted octanol–water partition coefficient (Wildman–Crippen LogP) is 1.80. The van der Waals surface area contributed by atoms with E-state index in [1.807, 2.05) is 0 Å². The van der Waals surface area contributed by atoms with E-state index in [1.54, 1.807) is 0 Å². The van der Waals surface area contributed by atoms with Crippen molar-refractivity contribution in [1.82, 2.24) is 9.97 Å². The molecular weight excluding hydrogens is 237 g/mol. The summed E-state index contributed by atoms with van der Waals surface area (Å²) < 4.78 is 0.0856. The molecular formula is C4HBrClN3O2. The topological polar surface area (TPSA) is 68.9 Å². The van der Waals surface area contributed by atoms with Gasteiger partial charge in [-0.05, 0) is 27.5 Å². The molecule has 0 N–H and O–H groups in total. The first kappa shape index (κ1) is 8.35. The summed E-state index contributed by atoms with van der Waals surface area (Å²) in [5, 5.41) is 10.2. The number of nitro groups is 1. The molecule has 58 valence electrons. The molecule has 1 aromatic heterocycles. The number of hydrogen-bond acceptors (Lipinski definition) is 4. The van der Waals surface area contributed by atoms with Gasteiger partial charge in [0.1, 0.15) is 6.20 Å². The first-order valence-corrected chi connectivity index (χ1v) is 3.61. The zero-order valence-corrected chi connectivity index (χ0v) is 7.33. The Hall–Kier alpha value is -0.750. The highest BCUT2D eigenvalue weighted by Crippen LogP contribution is 2.21. The second-order valence-electron chi connectivity index (χ2n) is 1.57. The Bertz CT molecular complexity index is 305. The summed E-state index contributed by atoms with van der Waals surface area (Å²) in [6.07, 6.45) is 1.04. The first-order valence-electron chi connectivity index (χ1n) is 2.43. The fraction of sp³-hybridized carbons (Fsp3) is 0. The second-order valence-corrected chi connectivity index (χ2v) is 2.66. The maximum atomic E-state index is 10.2. The van der Waals surface area contributed by atoms with Gasteiger partial charge in [0.15, 0.2) is 4.60 Å². The van der Waals surface area contributed by atoms with Crippen LogP contribution in [0.5, 0.6) is 0 Å². The Morgan fingerprint density at radius 3 is 2.82 bits per heavy atom. The van der Waals surface area contributed by atoms with Gasteiger partial charge in [0, 0.05) is 0 Å². The molecule has 0 aliphatic heterocycles. The van der Waals surface area contributed by atoms with Gasteiger partial charge in [-0.25, -0.2) is 9.97 Å². The van der Waals surface area contributed by atoms with Gasteiger partial charge in [0.25, 0.3) is 0 Å². The van der Waals surface area contributed by atoms with Gasteiger partial charge in [0.2, 0.25) is 5.28 Å². The van der Waals surface area contributed by atoms with Crippen molar-refractivity contribution < 1.29 is 4.92 Å². The molecule has 0 atom stereocenters. The number of aromatic nitrogens is 2. The van der Waals surface area contributed by atoms with Gasteiger partial charge < -0.3 is 0 Å². The fourth-order valence-corrected chi connectivity index (χ4v) is 1.11. The number of halogens is 2. The highest BCUT2D eigenvalue weighted by Gasteiger charge is 2.13. The van der Waals surface area contributed by atoms with Crippen LogP contribution in [0.2, 0.25) is 5.28 Å². The van der Waals surface area contributed by atoms with E-state index < -0.39 is 4.92 Å². The van der Waals surface area contributed by atoms with Crippen molar-refractivity contribution >= 4 is 33.2 Å². The van der Waals surface area contributed by atoms with Crippen LogP contribution in [0.1, 0.15) is 0 Å². The number of rotatable bonds is 1. The van der Waals surface area contributed by atoms with Crippen LogP contribution < -0.4 is 0 Å². The van der Waals surface area contributed by atoms with Crippen molar-refractivity contribution in [3.8, 4) is 0 Å². The van der Waals surface area contributed by atoms with Gasteiger partial charge in [-0.1, -0.05) is 0 Å². The molecule has 0 saturated heterocycles. The minimum atomic E-state index is -0.597. The highest BCUT2D eigenvalue weighted by atomic mass is 79.9. The summed E-state index contributed by atoms with van der Waals surface area (Å²) in [4.78, 5) is 16.6. The highest BCUT2D eigenvalue weighted by molar-refractivity contribution is 9.10. The Labute approximate surface area is 74.7 Å². The van der Waals surface area contributed by atoms with Crippen LogP contribution in [-0.2, 0) is 0 Å². The number of hydrogen-bond donors (Lipinski definition) is 0. The molecule has 1 rings (SSSR count). The summed E-state index contributed by atoms with van der Waals surface area (Å²) in [6, 6.07) is 0. The standard InChI is InChI=1S/C4HBrClN3O2/c5-3-2(9(10)11)1-7-4(6)8-3/h1H. The second kappa shape index (κ2) is 3.10. The predicted molar refractivity (Wildman–Crippen MR) is 41.4 cm³/mol. The van der Waals surface area contributed by atoms with Crippen LogP contribution in [0.15, 0.2) is 10.8 Å². The van der Waals surface area contributed by atoms with Gasteiger partial charge in [-0.15, -0.1) is 0 Å². The van der Waals surface area contributed by atoms with Crippen molar-refractivity contribution in [2.45, 2.75) is 0 Å². The van der Waals surface area contributed by atoms with E-state index >= 15 is 0 Å². The molecule has 0 aliphatic carbocycles. The van der Waals surface area contributed by atoms with Gasteiger partial charge in [0.05, 0.1) is 4.92 Å². The molecule has 1 aromatic rings. The molecule has 0 aromatic carbocycles. The van der Waals surface area contributed by atoms with E-state index in [2.05, 4.69) is 25.9 Å². The summed E-state index contributed by atoms with van der Waals surface area (Å²) >= 11 is 8.22. The molecule has 7 heteroatoms.